The highest BCUT2D eigenvalue weighted by Gasteiger charge is 2.14. The highest BCUT2D eigenvalue weighted by molar-refractivity contribution is 7.20. The average molecular weight is 296 g/mol. The van der Waals surface area contributed by atoms with Gasteiger partial charge >= 0.3 is 5.97 Å². The monoisotopic (exact) mass is 296 g/mol. The standard InChI is InChI=1S/C18H16O2S/c1-11-7-8-12(2)14(9-11)13-5-4-6-16-15(13)10-17(21-16)18(19)20-3/h4-10H,1-3H3. The SMILES string of the molecule is COC(=O)c1cc2c(-c3cc(C)ccc3C)cccc2s1. The van der Waals surface area contributed by atoms with Gasteiger partial charge in [-0.05, 0) is 42.7 Å². The van der Waals surface area contributed by atoms with Crippen LogP contribution >= 0.6 is 11.3 Å². The Kier molecular flexibility index (Phi) is 3.52. The van der Waals surface area contributed by atoms with Crippen LogP contribution in [0, 0.1) is 13.8 Å². The first-order valence-electron chi connectivity index (χ1n) is 6.78. The minimum atomic E-state index is -0.275. The highest BCUT2D eigenvalue weighted by Crippen LogP contribution is 2.36. The highest BCUT2D eigenvalue weighted by atomic mass is 32.1. The molecule has 3 aromatic rings. The van der Waals surface area contributed by atoms with Crippen molar-refractivity contribution >= 4 is 27.4 Å². The number of ether oxygens (including phenoxy) is 1. The fourth-order valence-corrected chi connectivity index (χ4v) is 3.53. The molecule has 106 valence electrons. The molecule has 0 atom stereocenters. The Morgan fingerprint density at radius 2 is 1.86 bits per heavy atom. The van der Waals surface area contributed by atoms with Crippen LogP contribution in [0.2, 0.25) is 0 Å². The Balaban J connectivity index is 2.25. The van der Waals surface area contributed by atoms with E-state index in [1.54, 1.807) is 0 Å². The quantitative estimate of drug-likeness (QED) is 0.624. The predicted octanol–water partition coefficient (Wildman–Crippen LogP) is 4.97. The van der Waals surface area contributed by atoms with E-state index < -0.39 is 0 Å². The fourth-order valence-electron chi connectivity index (χ4n) is 2.52. The van der Waals surface area contributed by atoms with Gasteiger partial charge in [-0.25, -0.2) is 4.79 Å². The van der Waals surface area contributed by atoms with Gasteiger partial charge in [0.1, 0.15) is 4.88 Å². The lowest BCUT2D eigenvalue weighted by Crippen LogP contribution is -1.96. The molecule has 3 rings (SSSR count). The van der Waals surface area contributed by atoms with Crippen molar-refractivity contribution in [3.8, 4) is 11.1 Å². The van der Waals surface area contributed by atoms with E-state index in [9.17, 15) is 4.79 Å². The summed E-state index contributed by atoms with van der Waals surface area (Å²) in [6, 6.07) is 14.6. The van der Waals surface area contributed by atoms with Crippen LogP contribution in [0.5, 0.6) is 0 Å². The molecule has 0 bridgehead atoms. The molecule has 0 aliphatic carbocycles. The normalized spacial score (nSPS) is 10.8. The number of carbonyl (C=O) groups excluding carboxylic acids is 1. The van der Waals surface area contributed by atoms with Crippen LogP contribution in [0.3, 0.4) is 0 Å². The molecule has 2 nitrogen and oxygen atoms in total. The number of rotatable bonds is 2. The number of benzene rings is 2. The van der Waals surface area contributed by atoms with E-state index in [2.05, 4.69) is 38.1 Å². The molecule has 0 saturated carbocycles. The summed E-state index contributed by atoms with van der Waals surface area (Å²) >= 11 is 1.47. The number of hydrogen-bond donors (Lipinski definition) is 0. The van der Waals surface area contributed by atoms with Gasteiger partial charge < -0.3 is 4.74 Å². The predicted molar refractivity (Wildman–Crippen MR) is 88.1 cm³/mol. The van der Waals surface area contributed by atoms with Crippen molar-refractivity contribution in [2.45, 2.75) is 13.8 Å². The molecule has 0 N–H and O–H groups in total. The molecule has 3 heteroatoms. The van der Waals surface area contributed by atoms with E-state index in [-0.39, 0.29) is 5.97 Å². The lowest BCUT2D eigenvalue weighted by molar-refractivity contribution is 0.0606. The first-order chi connectivity index (χ1) is 10.1. The fraction of sp³-hybridized carbons (Fsp3) is 0.167. The Hall–Kier alpha value is -2.13. The average Bonchev–Trinajstić information content (AvgIpc) is 2.93. The first kappa shape index (κ1) is 13.8. The number of fused-ring (bicyclic) bond motifs is 1. The number of hydrogen-bond acceptors (Lipinski definition) is 3. The first-order valence-corrected chi connectivity index (χ1v) is 7.60. The van der Waals surface area contributed by atoms with E-state index in [0.717, 1.165) is 10.1 Å². The third-order valence-corrected chi connectivity index (χ3v) is 4.71. The van der Waals surface area contributed by atoms with E-state index >= 15 is 0 Å². The summed E-state index contributed by atoms with van der Waals surface area (Å²) in [5.74, 6) is -0.275. The lowest BCUT2D eigenvalue weighted by atomic mass is 9.96. The van der Waals surface area contributed by atoms with Crippen molar-refractivity contribution in [3.05, 3.63) is 58.5 Å². The van der Waals surface area contributed by atoms with E-state index in [4.69, 9.17) is 4.74 Å². The third kappa shape index (κ3) is 2.45. The van der Waals surface area contributed by atoms with Crippen LogP contribution in [-0.4, -0.2) is 13.1 Å². The molecular weight excluding hydrogens is 280 g/mol. The zero-order valence-electron chi connectivity index (χ0n) is 12.3. The van der Waals surface area contributed by atoms with Crippen molar-refractivity contribution in [1.82, 2.24) is 0 Å². The van der Waals surface area contributed by atoms with Gasteiger partial charge in [-0.15, -0.1) is 11.3 Å². The van der Waals surface area contributed by atoms with Crippen molar-refractivity contribution in [3.63, 3.8) is 0 Å². The summed E-state index contributed by atoms with van der Waals surface area (Å²) in [5.41, 5.74) is 4.85. The van der Waals surface area contributed by atoms with Crippen LogP contribution in [-0.2, 0) is 4.74 Å². The molecule has 0 spiro atoms. The number of methoxy groups -OCH3 is 1. The van der Waals surface area contributed by atoms with Crippen molar-refractivity contribution in [2.24, 2.45) is 0 Å². The summed E-state index contributed by atoms with van der Waals surface area (Å²) in [5, 5.41) is 1.11. The summed E-state index contributed by atoms with van der Waals surface area (Å²) < 4.78 is 5.93. The maximum absolute atomic E-state index is 11.7. The van der Waals surface area contributed by atoms with Gasteiger partial charge in [0.15, 0.2) is 0 Å². The largest absolute Gasteiger partial charge is 0.465 e. The topological polar surface area (TPSA) is 26.3 Å². The second kappa shape index (κ2) is 5.34. The van der Waals surface area contributed by atoms with E-state index in [1.807, 2.05) is 18.2 Å². The molecule has 1 aromatic heterocycles. The van der Waals surface area contributed by atoms with Crippen molar-refractivity contribution < 1.29 is 9.53 Å². The Morgan fingerprint density at radius 3 is 2.62 bits per heavy atom. The molecule has 0 amide bonds. The van der Waals surface area contributed by atoms with E-state index in [1.165, 1.54) is 40.7 Å². The summed E-state index contributed by atoms with van der Waals surface area (Å²) in [6.45, 7) is 4.21. The summed E-state index contributed by atoms with van der Waals surface area (Å²) in [4.78, 5) is 12.4. The summed E-state index contributed by atoms with van der Waals surface area (Å²) in [6.07, 6.45) is 0. The molecule has 0 radical (unpaired) electrons. The van der Waals surface area contributed by atoms with Crippen LogP contribution in [0.25, 0.3) is 21.2 Å². The Bertz CT molecular complexity index is 830. The van der Waals surface area contributed by atoms with Gasteiger partial charge in [0.2, 0.25) is 0 Å². The molecular formula is C18H16O2S. The molecule has 0 aliphatic heterocycles. The Morgan fingerprint density at radius 1 is 1.05 bits per heavy atom. The second-order valence-corrected chi connectivity index (χ2v) is 6.22. The molecule has 0 unspecified atom stereocenters. The second-order valence-electron chi connectivity index (χ2n) is 5.14. The minimum absolute atomic E-state index is 0.275. The smallest absolute Gasteiger partial charge is 0.348 e. The number of esters is 1. The number of aryl methyl sites for hydroxylation is 2. The van der Waals surface area contributed by atoms with Crippen LogP contribution < -0.4 is 0 Å². The van der Waals surface area contributed by atoms with Gasteiger partial charge in [-0.3, -0.25) is 0 Å². The van der Waals surface area contributed by atoms with Crippen LogP contribution in [0.4, 0.5) is 0 Å². The molecule has 2 aromatic carbocycles. The lowest BCUT2D eigenvalue weighted by Gasteiger charge is -2.08. The molecule has 0 saturated heterocycles. The maximum Gasteiger partial charge on any atom is 0.348 e. The van der Waals surface area contributed by atoms with Crippen molar-refractivity contribution in [1.29, 1.82) is 0 Å². The third-order valence-electron chi connectivity index (χ3n) is 3.63. The molecule has 0 fully saturated rings. The van der Waals surface area contributed by atoms with Gasteiger partial charge in [0.25, 0.3) is 0 Å². The minimum Gasteiger partial charge on any atom is -0.465 e. The van der Waals surface area contributed by atoms with Gasteiger partial charge in [0, 0.05) is 10.1 Å². The van der Waals surface area contributed by atoms with Gasteiger partial charge in [0.05, 0.1) is 7.11 Å². The summed E-state index contributed by atoms with van der Waals surface area (Å²) in [7, 11) is 1.42. The number of carbonyl (C=O) groups is 1. The maximum atomic E-state index is 11.7. The van der Waals surface area contributed by atoms with Gasteiger partial charge in [-0.2, -0.15) is 0 Å². The molecule has 0 aliphatic rings. The number of thiophene rings is 1. The molecule has 21 heavy (non-hydrogen) atoms. The Labute approximate surface area is 128 Å². The zero-order valence-corrected chi connectivity index (χ0v) is 13.1. The van der Waals surface area contributed by atoms with Crippen LogP contribution in [0.15, 0.2) is 42.5 Å². The van der Waals surface area contributed by atoms with Crippen LogP contribution in [0.1, 0.15) is 20.8 Å². The molecule has 1 heterocycles. The van der Waals surface area contributed by atoms with Crippen molar-refractivity contribution in [2.75, 3.05) is 7.11 Å². The van der Waals surface area contributed by atoms with Gasteiger partial charge in [-0.1, -0.05) is 35.9 Å². The van der Waals surface area contributed by atoms with E-state index in [0.29, 0.717) is 4.88 Å². The zero-order chi connectivity index (χ0) is 15.0.